The Morgan fingerprint density at radius 1 is 1.12 bits per heavy atom. The summed E-state index contributed by atoms with van der Waals surface area (Å²) in [5.74, 6) is 0.178. The van der Waals surface area contributed by atoms with Gasteiger partial charge < -0.3 is 5.32 Å². The van der Waals surface area contributed by atoms with Gasteiger partial charge in [-0.1, -0.05) is 76.9 Å². The van der Waals surface area contributed by atoms with Gasteiger partial charge in [-0.2, -0.15) is 0 Å². The van der Waals surface area contributed by atoms with Gasteiger partial charge in [0.05, 0.1) is 10.6 Å². The molecular weight excluding hydrogens is 398 g/mol. The molecule has 0 fully saturated rings. The second-order valence-electron chi connectivity index (χ2n) is 6.28. The van der Waals surface area contributed by atoms with E-state index in [0.717, 1.165) is 10.9 Å². The highest BCUT2D eigenvalue weighted by molar-refractivity contribution is 9.10. The lowest BCUT2D eigenvalue weighted by atomic mass is 9.96. The first kappa shape index (κ1) is 18.0. The average molecular weight is 417 g/mol. The Kier molecular flexibility index (Phi) is 5.77. The molecule has 1 N–H and O–H groups in total. The molecule has 0 aliphatic carbocycles. The molecular formula is C21H19BrClNO. The number of hydrogen-bond acceptors (Lipinski definition) is 1. The molecule has 0 bridgehead atoms. The molecule has 0 radical (unpaired) electrons. The number of halogens is 2. The standard InChI is InChI=1S/C21H19BrClNO/c1-14(11-16-7-4-6-15-5-2-3-8-18(15)16)13-24-21(25)19-12-17(22)9-10-20(19)23/h2-10,12,14H,11,13H2,1H3,(H,24,25). The molecule has 0 aliphatic rings. The molecule has 3 aromatic rings. The predicted molar refractivity (Wildman–Crippen MR) is 108 cm³/mol. The van der Waals surface area contributed by atoms with Crippen LogP contribution >= 0.6 is 27.5 Å². The summed E-state index contributed by atoms with van der Waals surface area (Å²) < 4.78 is 0.839. The molecule has 0 saturated carbocycles. The number of nitrogens with one attached hydrogen (secondary N) is 1. The van der Waals surface area contributed by atoms with Gasteiger partial charge in [0.25, 0.3) is 5.91 Å². The Bertz CT molecular complexity index is 904. The van der Waals surface area contributed by atoms with Gasteiger partial charge in [-0.05, 0) is 46.9 Å². The topological polar surface area (TPSA) is 29.1 Å². The van der Waals surface area contributed by atoms with Gasteiger partial charge in [0.1, 0.15) is 0 Å². The summed E-state index contributed by atoms with van der Waals surface area (Å²) in [6, 6.07) is 20.1. The first-order valence-corrected chi connectivity index (χ1v) is 9.41. The summed E-state index contributed by atoms with van der Waals surface area (Å²) in [7, 11) is 0. The molecule has 0 heterocycles. The summed E-state index contributed by atoms with van der Waals surface area (Å²) in [5.41, 5.74) is 1.80. The van der Waals surface area contributed by atoms with E-state index in [-0.39, 0.29) is 5.91 Å². The van der Waals surface area contributed by atoms with E-state index < -0.39 is 0 Å². The third kappa shape index (κ3) is 4.42. The Labute approximate surface area is 161 Å². The quantitative estimate of drug-likeness (QED) is 0.554. The van der Waals surface area contributed by atoms with Crippen LogP contribution in [-0.2, 0) is 6.42 Å². The van der Waals surface area contributed by atoms with Crippen LogP contribution in [0.2, 0.25) is 5.02 Å². The maximum atomic E-state index is 12.4. The third-order valence-corrected chi connectivity index (χ3v) is 5.06. The first-order valence-electron chi connectivity index (χ1n) is 8.24. The van der Waals surface area contributed by atoms with E-state index in [1.54, 1.807) is 12.1 Å². The Hall–Kier alpha value is -1.84. The van der Waals surface area contributed by atoms with E-state index in [4.69, 9.17) is 11.6 Å². The van der Waals surface area contributed by atoms with Crippen molar-refractivity contribution >= 4 is 44.2 Å². The van der Waals surface area contributed by atoms with Crippen LogP contribution in [0.3, 0.4) is 0 Å². The fourth-order valence-electron chi connectivity index (χ4n) is 2.95. The first-order chi connectivity index (χ1) is 12.0. The number of rotatable bonds is 5. The lowest BCUT2D eigenvalue weighted by Gasteiger charge is -2.15. The van der Waals surface area contributed by atoms with Crippen molar-refractivity contribution in [2.24, 2.45) is 5.92 Å². The van der Waals surface area contributed by atoms with Crippen LogP contribution in [0.4, 0.5) is 0 Å². The van der Waals surface area contributed by atoms with Gasteiger partial charge in [-0.25, -0.2) is 0 Å². The van der Waals surface area contributed by atoms with Crippen LogP contribution in [0.25, 0.3) is 10.8 Å². The fourth-order valence-corrected chi connectivity index (χ4v) is 3.52. The molecule has 1 unspecified atom stereocenters. The highest BCUT2D eigenvalue weighted by atomic mass is 79.9. The molecule has 4 heteroatoms. The predicted octanol–water partition coefficient (Wildman–Crippen LogP) is 5.86. The minimum Gasteiger partial charge on any atom is -0.352 e. The fraction of sp³-hybridized carbons (Fsp3) is 0.190. The monoisotopic (exact) mass is 415 g/mol. The van der Waals surface area contributed by atoms with E-state index >= 15 is 0 Å². The number of carbonyl (C=O) groups is 1. The van der Waals surface area contributed by atoms with Gasteiger partial charge in [0, 0.05) is 11.0 Å². The summed E-state index contributed by atoms with van der Waals surface area (Å²) in [4.78, 5) is 12.4. The highest BCUT2D eigenvalue weighted by Crippen LogP contribution is 2.22. The molecule has 3 rings (SSSR count). The average Bonchev–Trinajstić information content (AvgIpc) is 2.62. The second-order valence-corrected chi connectivity index (χ2v) is 7.60. The van der Waals surface area contributed by atoms with Crippen LogP contribution in [0.5, 0.6) is 0 Å². The Morgan fingerprint density at radius 2 is 1.88 bits per heavy atom. The van der Waals surface area contributed by atoms with Crippen molar-refractivity contribution < 1.29 is 4.79 Å². The van der Waals surface area contributed by atoms with Crippen LogP contribution < -0.4 is 5.32 Å². The van der Waals surface area contributed by atoms with Gasteiger partial charge in [-0.3, -0.25) is 4.79 Å². The van der Waals surface area contributed by atoms with Crippen molar-refractivity contribution in [2.45, 2.75) is 13.3 Å². The van der Waals surface area contributed by atoms with Crippen LogP contribution in [0, 0.1) is 5.92 Å². The normalized spacial score (nSPS) is 12.1. The van der Waals surface area contributed by atoms with Crippen molar-refractivity contribution in [3.05, 3.63) is 81.3 Å². The minimum absolute atomic E-state index is 0.143. The van der Waals surface area contributed by atoms with Gasteiger partial charge >= 0.3 is 0 Å². The molecule has 0 spiro atoms. The van der Waals surface area contributed by atoms with Crippen molar-refractivity contribution in [1.82, 2.24) is 5.32 Å². The zero-order valence-electron chi connectivity index (χ0n) is 13.9. The minimum atomic E-state index is -0.143. The summed E-state index contributed by atoms with van der Waals surface area (Å²) in [6.07, 6.45) is 0.911. The van der Waals surface area contributed by atoms with Crippen molar-refractivity contribution in [3.63, 3.8) is 0 Å². The zero-order chi connectivity index (χ0) is 17.8. The van der Waals surface area contributed by atoms with E-state index in [1.807, 2.05) is 6.07 Å². The molecule has 0 saturated heterocycles. The number of carbonyl (C=O) groups excluding carboxylic acids is 1. The van der Waals surface area contributed by atoms with Crippen molar-refractivity contribution in [2.75, 3.05) is 6.54 Å². The molecule has 3 aromatic carbocycles. The van der Waals surface area contributed by atoms with Crippen molar-refractivity contribution in [1.29, 1.82) is 0 Å². The number of fused-ring (bicyclic) bond motifs is 1. The maximum absolute atomic E-state index is 12.4. The molecule has 25 heavy (non-hydrogen) atoms. The lowest BCUT2D eigenvalue weighted by molar-refractivity contribution is 0.0948. The molecule has 1 atom stereocenters. The molecule has 1 amide bonds. The van der Waals surface area contributed by atoms with Gasteiger partial charge in [0.2, 0.25) is 0 Å². The van der Waals surface area contributed by atoms with Crippen molar-refractivity contribution in [3.8, 4) is 0 Å². The highest BCUT2D eigenvalue weighted by Gasteiger charge is 2.13. The molecule has 128 valence electrons. The van der Waals surface area contributed by atoms with E-state index in [1.165, 1.54) is 16.3 Å². The lowest BCUT2D eigenvalue weighted by Crippen LogP contribution is -2.29. The van der Waals surface area contributed by atoms with E-state index in [9.17, 15) is 4.79 Å². The second kappa shape index (κ2) is 8.03. The summed E-state index contributed by atoms with van der Waals surface area (Å²) >= 11 is 9.49. The van der Waals surface area contributed by atoms with E-state index in [2.05, 4.69) is 70.6 Å². The molecule has 0 aromatic heterocycles. The van der Waals surface area contributed by atoms with E-state index in [0.29, 0.717) is 23.0 Å². The third-order valence-electron chi connectivity index (χ3n) is 4.23. The Morgan fingerprint density at radius 3 is 2.72 bits per heavy atom. The number of benzene rings is 3. The smallest absolute Gasteiger partial charge is 0.252 e. The van der Waals surface area contributed by atoms with Crippen LogP contribution in [-0.4, -0.2) is 12.5 Å². The van der Waals surface area contributed by atoms with Gasteiger partial charge in [-0.15, -0.1) is 0 Å². The van der Waals surface area contributed by atoms with Crippen LogP contribution in [0.1, 0.15) is 22.8 Å². The SMILES string of the molecule is CC(CNC(=O)c1cc(Br)ccc1Cl)Cc1cccc2ccccc12. The number of amides is 1. The summed E-state index contributed by atoms with van der Waals surface area (Å²) in [6.45, 7) is 2.75. The largest absolute Gasteiger partial charge is 0.352 e. The number of hydrogen-bond donors (Lipinski definition) is 1. The summed E-state index contributed by atoms with van der Waals surface area (Å²) in [5, 5.41) is 5.97. The van der Waals surface area contributed by atoms with Crippen LogP contribution in [0.15, 0.2) is 65.1 Å². The maximum Gasteiger partial charge on any atom is 0.252 e. The Balaban J connectivity index is 1.65. The molecule has 2 nitrogen and oxygen atoms in total. The van der Waals surface area contributed by atoms with Gasteiger partial charge in [0.15, 0.2) is 0 Å². The molecule has 0 aliphatic heterocycles. The zero-order valence-corrected chi connectivity index (χ0v) is 16.3.